The molecule has 0 aliphatic carbocycles. The molecule has 7 heteroatoms. The van der Waals surface area contributed by atoms with Gasteiger partial charge in [0.25, 0.3) is 0 Å². The Bertz CT molecular complexity index is 495. The summed E-state index contributed by atoms with van der Waals surface area (Å²) in [6, 6.07) is 8.73. The van der Waals surface area contributed by atoms with Crippen molar-refractivity contribution in [1.82, 2.24) is 5.20 Å². The summed E-state index contributed by atoms with van der Waals surface area (Å²) in [6.45, 7) is 7.11. The zero-order chi connectivity index (χ0) is 15.2. The number of nitrogens with one attached hydrogen (secondary N) is 2. The quantitative estimate of drug-likeness (QED) is 0.592. The van der Waals surface area contributed by atoms with Crippen molar-refractivity contribution in [2.75, 3.05) is 5.43 Å². The summed E-state index contributed by atoms with van der Waals surface area (Å²) in [5, 5.41) is 11.3. The summed E-state index contributed by atoms with van der Waals surface area (Å²) in [5.74, 6) is 0. The second-order valence-corrected chi connectivity index (χ2v) is 6.37. The number of rotatable bonds is 7. The second kappa shape index (κ2) is 7.41. The maximum atomic E-state index is 12.5. The highest BCUT2D eigenvalue weighted by atomic mass is 31.2. The maximum Gasteiger partial charge on any atom is 0.423 e. The normalized spacial score (nSPS) is 11.7. The SMILES string of the molecule is CC(C)OP(=O)(NNc1ccc(C#N)cc1)OC(C)C. The average molecular weight is 297 g/mol. The van der Waals surface area contributed by atoms with Gasteiger partial charge in [-0.1, -0.05) is 0 Å². The Labute approximate surface area is 119 Å². The van der Waals surface area contributed by atoms with Crippen LogP contribution in [0.1, 0.15) is 33.3 Å². The molecule has 0 fully saturated rings. The summed E-state index contributed by atoms with van der Waals surface area (Å²) >= 11 is 0. The lowest BCUT2D eigenvalue weighted by atomic mass is 10.2. The summed E-state index contributed by atoms with van der Waals surface area (Å²) < 4.78 is 23.1. The van der Waals surface area contributed by atoms with Crippen LogP contribution in [0.25, 0.3) is 0 Å². The Balaban J connectivity index is 2.70. The molecule has 0 spiro atoms. The maximum absolute atomic E-state index is 12.5. The van der Waals surface area contributed by atoms with E-state index in [2.05, 4.69) is 10.6 Å². The Kier molecular flexibility index (Phi) is 6.18. The smallest absolute Gasteiger partial charge is 0.312 e. The largest absolute Gasteiger partial charge is 0.423 e. The van der Waals surface area contributed by atoms with Gasteiger partial charge in [-0.3, -0.25) is 9.05 Å². The number of hydrogen-bond acceptors (Lipinski definition) is 5. The van der Waals surface area contributed by atoms with Crippen molar-refractivity contribution in [2.45, 2.75) is 39.9 Å². The van der Waals surface area contributed by atoms with E-state index < -0.39 is 7.75 Å². The lowest BCUT2D eigenvalue weighted by molar-refractivity contribution is 0.137. The molecule has 6 nitrogen and oxygen atoms in total. The van der Waals surface area contributed by atoms with E-state index in [1.807, 2.05) is 6.07 Å². The fourth-order valence-electron chi connectivity index (χ4n) is 1.39. The van der Waals surface area contributed by atoms with Crippen LogP contribution in [0.3, 0.4) is 0 Å². The molecular formula is C13H20N3O3P. The number of hydrogen-bond donors (Lipinski definition) is 2. The third-order valence-corrected chi connectivity index (χ3v) is 3.83. The fourth-order valence-corrected chi connectivity index (χ4v) is 2.93. The van der Waals surface area contributed by atoms with Crippen LogP contribution in [0.15, 0.2) is 24.3 Å². The minimum atomic E-state index is -3.44. The van der Waals surface area contributed by atoms with Crippen LogP contribution in [0.4, 0.5) is 5.69 Å². The predicted octanol–water partition coefficient (Wildman–Crippen LogP) is 3.43. The number of anilines is 1. The van der Waals surface area contributed by atoms with Crippen molar-refractivity contribution in [3.8, 4) is 6.07 Å². The number of benzene rings is 1. The van der Waals surface area contributed by atoms with Crippen molar-refractivity contribution in [1.29, 1.82) is 5.26 Å². The van der Waals surface area contributed by atoms with Crippen LogP contribution in [0.5, 0.6) is 0 Å². The Hall–Kier alpha value is -1.38. The molecule has 2 N–H and O–H groups in total. The van der Waals surface area contributed by atoms with Crippen LogP contribution >= 0.6 is 7.75 Å². The van der Waals surface area contributed by atoms with Crippen LogP contribution in [-0.4, -0.2) is 12.2 Å². The van der Waals surface area contributed by atoms with E-state index in [9.17, 15) is 4.57 Å². The van der Waals surface area contributed by atoms with Gasteiger partial charge >= 0.3 is 7.75 Å². The highest BCUT2D eigenvalue weighted by Crippen LogP contribution is 2.45. The van der Waals surface area contributed by atoms with E-state index >= 15 is 0 Å². The van der Waals surface area contributed by atoms with Gasteiger partial charge in [-0.15, -0.1) is 5.20 Å². The van der Waals surface area contributed by atoms with Crippen LogP contribution in [-0.2, 0) is 13.6 Å². The molecule has 20 heavy (non-hydrogen) atoms. The minimum absolute atomic E-state index is 0.241. The first-order chi connectivity index (χ1) is 9.34. The van der Waals surface area contributed by atoms with Crippen LogP contribution in [0, 0.1) is 11.3 Å². The monoisotopic (exact) mass is 297 g/mol. The molecule has 0 atom stereocenters. The van der Waals surface area contributed by atoms with Crippen molar-refractivity contribution in [2.24, 2.45) is 0 Å². The summed E-state index contributed by atoms with van der Waals surface area (Å²) in [4.78, 5) is 0. The van der Waals surface area contributed by atoms with Gasteiger partial charge in [-0.05, 0) is 52.0 Å². The summed E-state index contributed by atoms with van der Waals surface area (Å²) in [6.07, 6.45) is -0.482. The Morgan fingerprint density at radius 1 is 1.10 bits per heavy atom. The molecule has 0 saturated heterocycles. The first-order valence-corrected chi connectivity index (χ1v) is 7.89. The van der Waals surface area contributed by atoms with Crippen molar-refractivity contribution in [3.05, 3.63) is 29.8 Å². The van der Waals surface area contributed by atoms with Crippen molar-refractivity contribution >= 4 is 13.4 Å². The zero-order valence-electron chi connectivity index (χ0n) is 12.1. The molecule has 0 saturated carbocycles. The van der Waals surface area contributed by atoms with Gasteiger partial charge in [-0.25, -0.2) is 4.57 Å². The molecule has 0 bridgehead atoms. The zero-order valence-corrected chi connectivity index (χ0v) is 13.0. The topological polar surface area (TPSA) is 83.4 Å². The first kappa shape index (κ1) is 16.7. The van der Waals surface area contributed by atoms with Gasteiger partial charge in [0, 0.05) is 5.69 Å². The molecule has 0 unspecified atom stereocenters. The highest BCUT2D eigenvalue weighted by molar-refractivity contribution is 7.51. The van der Waals surface area contributed by atoms with Gasteiger partial charge in [0.05, 0.1) is 23.8 Å². The van der Waals surface area contributed by atoms with E-state index in [1.165, 1.54) is 0 Å². The molecule has 0 aliphatic heterocycles. The van der Waals surface area contributed by atoms with Gasteiger partial charge in [-0.2, -0.15) is 5.26 Å². The Morgan fingerprint density at radius 3 is 2.00 bits per heavy atom. The number of hydrazine groups is 1. The molecule has 110 valence electrons. The molecule has 0 heterocycles. The molecule has 0 aromatic heterocycles. The van der Waals surface area contributed by atoms with Crippen LogP contribution in [0.2, 0.25) is 0 Å². The van der Waals surface area contributed by atoms with Crippen molar-refractivity contribution < 1.29 is 13.6 Å². The van der Waals surface area contributed by atoms with E-state index in [4.69, 9.17) is 14.3 Å². The minimum Gasteiger partial charge on any atom is -0.312 e. The summed E-state index contributed by atoms with van der Waals surface area (Å²) in [7, 11) is -3.44. The first-order valence-electron chi connectivity index (χ1n) is 6.35. The Morgan fingerprint density at radius 2 is 1.60 bits per heavy atom. The summed E-state index contributed by atoms with van der Waals surface area (Å²) in [5.41, 5.74) is 3.98. The molecule has 1 aromatic carbocycles. The lowest BCUT2D eigenvalue weighted by Crippen LogP contribution is -2.24. The van der Waals surface area contributed by atoms with Gasteiger partial charge in [0.2, 0.25) is 0 Å². The highest BCUT2D eigenvalue weighted by Gasteiger charge is 2.27. The average Bonchev–Trinajstić information content (AvgIpc) is 2.35. The number of nitrogens with zero attached hydrogens (tertiary/aromatic N) is 1. The molecular weight excluding hydrogens is 277 g/mol. The third kappa shape index (κ3) is 5.72. The van der Waals surface area contributed by atoms with Gasteiger partial charge < -0.3 is 5.43 Å². The van der Waals surface area contributed by atoms with E-state index in [0.717, 1.165) is 0 Å². The van der Waals surface area contributed by atoms with E-state index in [1.54, 1.807) is 52.0 Å². The van der Waals surface area contributed by atoms with E-state index in [0.29, 0.717) is 11.3 Å². The van der Waals surface area contributed by atoms with Crippen LogP contribution < -0.4 is 10.6 Å². The third-order valence-electron chi connectivity index (χ3n) is 2.05. The molecule has 0 radical (unpaired) electrons. The molecule has 1 rings (SSSR count). The predicted molar refractivity (Wildman–Crippen MR) is 78.0 cm³/mol. The van der Waals surface area contributed by atoms with Gasteiger partial charge in [0.1, 0.15) is 0 Å². The number of nitriles is 1. The molecule has 0 aliphatic rings. The lowest BCUT2D eigenvalue weighted by Gasteiger charge is -2.23. The fraction of sp³-hybridized carbons (Fsp3) is 0.462. The molecule has 0 amide bonds. The molecule has 1 aromatic rings. The standard InChI is InChI=1S/C13H20N3O3P/c1-10(2)18-20(17,19-11(3)4)16-15-13-7-5-12(9-14)6-8-13/h5-8,10-11,15H,1-4H3,(H,16,17). The van der Waals surface area contributed by atoms with Crippen molar-refractivity contribution in [3.63, 3.8) is 0 Å². The van der Waals surface area contributed by atoms with E-state index in [-0.39, 0.29) is 12.2 Å². The van der Waals surface area contributed by atoms with Gasteiger partial charge in [0.15, 0.2) is 0 Å². The second-order valence-electron chi connectivity index (χ2n) is 4.73.